The second-order valence-corrected chi connectivity index (χ2v) is 6.15. The number of hydrogen-bond acceptors (Lipinski definition) is 5. The Bertz CT molecular complexity index is 769. The molecule has 1 aliphatic rings. The van der Waals surface area contributed by atoms with Crippen LogP contribution < -0.4 is 0 Å². The Balaban J connectivity index is 2.03. The van der Waals surface area contributed by atoms with Crippen LogP contribution >= 0.6 is 11.6 Å². The van der Waals surface area contributed by atoms with Gasteiger partial charge in [-0.1, -0.05) is 28.9 Å². The van der Waals surface area contributed by atoms with Gasteiger partial charge >= 0.3 is 0 Å². The zero-order valence-electron chi connectivity index (χ0n) is 9.41. The smallest absolute Gasteiger partial charge is 0.269 e. The fourth-order valence-electron chi connectivity index (χ4n) is 1.89. The second-order valence-electron chi connectivity index (χ2n) is 3.93. The number of benzene rings is 1. The minimum Gasteiger partial charge on any atom is -0.358 e. The van der Waals surface area contributed by atoms with Gasteiger partial charge in [-0.25, -0.2) is 12.7 Å². The molecule has 0 aliphatic carbocycles. The lowest BCUT2D eigenvalue weighted by molar-refractivity contribution is 0.0856. The lowest BCUT2D eigenvalue weighted by Gasteiger charge is -2.12. The van der Waals surface area contributed by atoms with Crippen molar-refractivity contribution in [2.75, 3.05) is 0 Å². The molecule has 1 aliphatic heterocycles. The molecule has 0 saturated carbocycles. The molecule has 8 heteroatoms. The van der Waals surface area contributed by atoms with E-state index in [9.17, 15) is 13.2 Å². The minimum atomic E-state index is -3.83. The number of hydrogen-bond donors (Lipinski definition) is 0. The highest BCUT2D eigenvalue weighted by atomic mass is 35.5. The van der Waals surface area contributed by atoms with Gasteiger partial charge < -0.3 is 4.52 Å². The van der Waals surface area contributed by atoms with Crippen molar-refractivity contribution >= 4 is 27.5 Å². The third-order valence-corrected chi connectivity index (χ3v) is 4.71. The highest BCUT2D eigenvalue weighted by molar-refractivity contribution is 7.90. The van der Waals surface area contributed by atoms with Crippen molar-refractivity contribution in [3.05, 3.63) is 46.8 Å². The zero-order valence-corrected chi connectivity index (χ0v) is 11.0. The summed E-state index contributed by atoms with van der Waals surface area (Å²) in [6.07, 6.45) is 0. The van der Waals surface area contributed by atoms with E-state index >= 15 is 0 Å². The molecular formula is C11H7ClN2O4S. The van der Waals surface area contributed by atoms with Gasteiger partial charge in [-0.05, 0) is 12.1 Å². The van der Waals surface area contributed by atoms with E-state index in [1.807, 2.05) is 0 Å². The van der Waals surface area contributed by atoms with Crippen LogP contribution in [0.25, 0.3) is 0 Å². The minimum absolute atomic E-state index is 0.00520. The van der Waals surface area contributed by atoms with Gasteiger partial charge in [0.15, 0.2) is 10.9 Å². The summed E-state index contributed by atoms with van der Waals surface area (Å²) in [5.74, 6) is -0.377. The van der Waals surface area contributed by atoms with Crippen molar-refractivity contribution in [3.63, 3.8) is 0 Å². The number of carbonyl (C=O) groups excluding carboxylic acids is 1. The van der Waals surface area contributed by atoms with Crippen LogP contribution in [-0.4, -0.2) is 23.8 Å². The molecule has 0 saturated heterocycles. The van der Waals surface area contributed by atoms with Crippen LogP contribution in [0.4, 0.5) is 0 Å². The quantitative estimate of drug-likeness (QED) is 0.842. The average molecular weight is 299 g/mol. The average Bonchev–Trinajstić information content (AvgIpc) is 2.87. The standard InChI is InChI=1S/C11H7ClN2O4S/c12-10-5-7(18-13-10)6-14-11(15)8-3-1-2-4-9(8)19(14,16)17/h1-5H,6H2. The molecular weight excluding hydrogens is 292 g/mol. The number of sulfonamides is 1. The number of halogens is 1. The largest absolute Gasteiger partial charge is 0.358 e. The topological polar surface area (TPSA) is 80.5 Å². The van der Waals surface area contributed by atoms with Crippen molar-refractivity contribution in [1.82, 2.24) is 9.46 Å². The molecule has 0 spiro atoms. The lowest BCUT2D eigenvalue weighted by Crippen LogP contribution is -2.29. The Morgan fingerprint density at radius 3 is 2.68 bits per heavy atom. The van der Waals surface area contributed by atoms with Gasteiger partial charge in [-0.15, -0.1) is 0 Å². The van der Waals surface area contributed by atoms with Crippen LogP contribution in [0.2, 0.25) is 5.15 Å². The van der Waals surface area contributed by atoms with Gasteiger partial charge in [0.2, 0.25) is 0 Å². The summed E-state index contributed by atoms with van der Waals surface area (Å²) < 4.78 is 30.0. The molecule has 2 aromatic rings. The molecule has 1 aromatic heterocycles. The maximum atomic E-state index is 12.2. The first kappa shape index (κ1) is 12.2. The van der Waals surface area contributed by atoms with Gasteiger partial charge in [0.1, 0.15) is 4.90 Å². The van der Waals surface area contributed by atoms with E-state index in [0.29, 0.717) is 0 Å². The molecule has 0 unspecified atom stereocenters. The van der Waals surface area contributed by atoms with E-state index < -0.39 is 15.9 Å². The summed E-state index contributed by atoms with van der Waals surface area (Å²) in [6, 6.07) is 7.42. The van der Waals surface area contributed by atoms with Crippen LogP contribution in [0.5, 0.6) is 0 Å². The van der Waals surface area contributed by atoms with E-state index in [4.69, 9.17) is 16.1 Å². The van der Waals surface area contributed by atoms with Gasteiger partial charge in [0, 0.05) is 6.07 Å². The molecule has 0 bridgehead atoms. The van der Waals surface area contributed by atoms with Crippen LogP contribution in [-0.2, 0) is 16.6 Å². The molecule has 0 fully saturated rings. The summed E-state index contributed by atoms with van der Waals surface area (Å²) in [6.45, 7) is -0.227. The van der Waals surface area contributed by atoms with Crippen LogP contribution in [0.1, 0.15) is 16.1 Å². The Morgan fingerprint density at radius 1 is 1.32 bits per heavy atom. The first-order valence-corrected chi connectivity index (χ1v) is 7.09. The summed E-state index contributed by atoms with van der Waals surface area (Å²) >= 11 is 5.58. The normalized spacial score (nSPS) is 16.7. The number of aromatic nitrogens is 1. The fraction of sp³-hybridized carbons (Fsp3) is 0.0909. The molecule has 0 N–H and O–H groups in total. The van der Waals surface area contributed by atoms with Crippen molar-refractivity contribution in [3.8, 4) is 0 Å². The third kappa shape index (κ3) is 1.82. The van der Waals surface area contributed by atoms with Gasteiger partial charge in [0.25, 0.3) is 15.9 Å². The van der Waals surface area contributed by atoms with Crippen LogP contribution in [0.3, 0.4) is 0 Å². The van der Waals surface area contributed by atoms with Crippen molar-refractivity contribution in [2.45, 2.75) is 11.4 Å². The number of nitrogens with zero attached hydrogens (tertiary/aromatic N) is 2. The summed E-state index contributed by atoms with van der Waals surface area (Å²) in [7, 11) is -3.83. The lowest BCUT2D eigenvalue weighted by atomic mass is 10.2. The SMILES string of the molecule is O=C1c2ccccc2S(=O)(=O)N1Cc1cc(Cl)no1. The van der Waals surface area contributed by atoms with E-state index in [0.717, 1.165) is 4.31 Å². The maximum absolute atomic E-state index is 12.2. The molecule has 0 atom stereocenters. The first-order chi connectivity index (χ1) is 9.00. The molecule has 1 aromatic carbocycles. The number of fused-ring (bicyclic) bond motifs is 1. The highest BCUT2D eigenvalue weighted by Crippen LogP contribution is 2.31. The molecule has 6 nitrogen and oxygen atoms in total. The van der Waals surface area contributed by atoms with E-state index in [2.05, 4.69) is 5.16 Å². The zero-order chi connectivity index (χ0) is 13.6. The summed E-state index contributed by atoms with van der Waals surface area (Å²) in [4.78, 5) is 12.1. The fourth-order valence-corrected chi connectivity index (χ4v) is 3.58. The second kappa shape index (κ2) is 4.07. The van der Waals surface area contributed by atoms with E-state index in [-0.39, 0.29) is 27.9 Å². The number of rotatable bonds is 2. The van der Waals surface area contributed by atoms with Gasteiger partial charge in [0.05, 0.1) is 12.1 Å². The van der Waals surface area contributed by atoms with Crippen LogP contribution in [0.15, 0.2) is 39.8 Å². The Morgan fingerprint density at radius 2 is 2.05 bits per heavy atom. The van der Waals surface area contributed by atoms with Crippen molar-refractivity contribution in [2.24, 2.45) is 0 Å². The van der Waals surface area contributed by atoms with Crippen molar-refractivity contribution < 1.29 is 17.7 Å². The highest BCUT2D eigenvalue weighted by Gasteiger charge is 2.41. The van der Waals surface area contributed by atoms with E-state index in [1.54, 1.807) is 12.1 Å². The van der Waals surface area contributed by atoms with Gasteiger partial charge in [-0.3, -0.25) is 4.79 Å². The first-order valence-electron chi connectivity index (χ1n) is 5.27. The van der Waals surface area contributed by atoms with E-state index in [1.165, 1.54) is 18.2 Å². The van der Waals surface area contributed by atoms with Crippen molar-refractivity contribution in [1.29, 1.82) is 0 Å². The Labute approximate surface area is 113 Å². The molecule has 1 amide bonds. The maximum Gasteiger partial charge on any atom is 0.269 e. The predicted octanol–water partition coefficient (Wildman–Crippen LogP) is 1.67. The number of carbonyl (C=O) groups is 1. The Hall–Kier alpha value is -1.86. The summed E-state index contributed by atoms with van der Waals surface area (Å²) in [5.41, 5.74) is 0.160. The molecule has 19 heavy (non-hydrogen) atoms. The van der Waals surface area contributed by atoms with Crippen LogP contribution in [0, 0.1) is 0 Å². The number of amides is 1. The molecule has 2 heterocycles. The third-order valence-electron chi connectivity index (χ3n) is 2.74. The van der Waals surface area contributed by atoms with Gasteiger partial charge in [-0.2, -0.15) is 0 Å². The Kier molecular flexibility index (Phi) is 2.61. The predicted molar refractivity (Wildman–Crippen MR) is 65.0 cm³/mol. The molecule has 3 rings (SSSR count). The monoisotopic (exact) mass is 298 g/mol. The molecule has 0 radical (unpaired) electrons. The summed E-state index contributed by atoms with van der Waals surface area (Å²) in [5, 5.41) is 3.55. The molecule has 98 valence electrons.